The average molecular weight is 410 g/mol. The van der Waals surface area contributed by atoms with Crippen molar-refractivity contribution in [3.05, 3.63) is 60.0 Å². The summed E-state index contributed by atoms with van der Waals surface area (Å²) >= 11 is 0. The van der Waals surface area contributed by atoms with Gasteiger partial charge in [-0.05, 0) is 37.1 Å². The van der Waals surface area contributed by atoms with E-state index in [1.165, 1.54) is 6.92 Å². The molecule has 1 atom stereocenters. The van der Waals surface area contributed by atoms with Crippen LogP contribution in [0, 0.1) is 0 Å². The monoisotopic (exact) mass is 410 g/mol. The van der Waals surface area contributed by atoms with E-state index in [-0.39, 0.29) is 18.4 Å². The summed E-state index contributed by atoms with van der Waals surface area (Å²) in [7, 11) is 0. The van der Waals surface area contributed by atoms with E-state index in [1.807, 2.05) is 53.6 Å². The van der Waals surface area contributed by atoms with E-state index in [2.05, 4.69) is 16.0 Å². The smallest absolute Gasteiger partial charge is 0.264 e. The Morgan fingerprint density at radius 3 is 2.83 bits per heavy atom. The molecule has 0 saturated carbocycles. The van der Waals surface area contributed by atoms with Gasteiger partial charge in [-0.15, -0.1) is 0 Å². The molecule has 0 aromatic heterocycles. The minimum Gasteiger partial charge on any atom is -0.394 e. The van der Waals surface area contributed by atoms with E-state index in [9.17, 15) is 14.7 Å². The van der Waals surface area contributed by atoms with E-state index in [0.717, 1.165) is 17.0 Å². The molecule has 0 radical (unpaired) electrons. The molecule has 0 aliphatic carbocycles. The van der Waals surface area contributed by atoms with E-state index in [4.69, 9.17) is 4.74 Å². The fourth-order valence-corrected chi connectivity index (χ4v) is 3.97. The molecule has 8 nitrogen and oxygen atoms in total. The number of rotatable bonds is 5. The highest BCUT2D eigenvalue weighted by Crippen LogP contribution is 2.32. The first-order chi connectivity index (χ1) is 14.5. The normalized spacial score (nSPS) is 21.8. The minimum atomic E-state index is -0.666. The number of anilines is 1. The highest BCUT2D eigenvalue weighted by atomic mass is 16.5. The van der Waals surface area contributed by atoms with Gasteiger partial charge in [0.25, 0.3) is 5.91 Å². The summed E-state index contributed by atoms with van der Waals surface area (Å²) in [5.74, 6) is -0.356. The van der Waals surface area contributed by atoms with Crippen molar-refractivity contribution in [2.45, 2.75) is 31.5 Å². The Hall–Kier alpha value is -3.10. The highest BCUT2D eigenvalue weighted by molar-refractivity contribution is 5.91. The van der Waals surface area contributed by atoms with Crippen LogP contribution in [0.15, 0.2) is 54.4 Å². The van der Waals surface area contributed by atoms with Gasteiger partial charge in [0.1, 0.15) is 0 Å². The number of nitrogens with one attached hydrogen (secondary N) is 3. The van der Waals surface area contributed by atoms with Crippen molar-refractivity contribution in [2.75, 3.05) is 25.1 Å². The van der Waals surface area contributed by atoms with E-state index in [0.29, 0.717) is 31.7 Å². The Labute approximate surface area is 175 Å². The highest BCUT2D eigenvalue weighted by Gasteiger charge is 2.40. The van der Waals surface area contributed by atoms with Crippen molar-refractivity contribution in [3.8, 4) is 0 Å². The predicted octanol–water partition coefficient (Wildman–Crippen LogP) is 1.29. The zero-order valence-corrected chi connectivity index (χ0v) is 16.9. The lowest BCUT2D eigenvalue weighted by atomic mass is 9.91. The minimum absolute atomic E-state index is 0.129. The molecule has 30 heavy (non-hydrogen) atoms. The number of amides is 2. The summed E-state index contributed by atoms with van der Waals surface area (Å²) in [6.07, 6.45) is 8.08. The molecule has 1 fully saturated rings. The van der Waals surface area contributed by atoms with Gasteiger partial charge in [0.15, 0.2) is 6.17 Å². The van der Waals surface area contributed by atoms with Gasteiger partial charge in [0.05, 0.1) is 23.5 Å². The van der Waals surface area contributed by atoms with Gasteiger partial charge in [-0.25, -0.2) is 0 Å². The third kappa shape index (κ3) is 3.96. The van der Waals surface area contributed by atoms with Crippen molar-refractivity contribution < 1.29 is 19.4 Å². The number of ether oxygens (including phenoxy) is 1. The summed E-state index contributed by atoms with van der Waals surface area (Å²) in [5.41, 5.74) is 2.54. The zero-order chi connectivity index (χ0) is 21.1. The van der Waals surface area contributed by atoms with E-state index >= 15 is 0 Å². The number of carbonyl (C=O) groups is 2. The standard InChI is InChI=1S/C22H26N4O4/c1-15(28)23-17-6-4-5-16(13-17)19-18-7-2-3-10-26(18)20(24-19)21(29)25-22(14-27)8-11-30-12-9-22/h2-7,10,13,20,24,27H,8-9,11-12,14H2,1H3,(H,23,28)(H,25,29). The molecule has 1 saturated heterocycles. The molecule has 1 aromatic rings. The number of aliphatic hydroxyl groups is 1. The Bertz CT molecular complexity index is 931. The Morgan fingerprint density at radius 1 is 1.30 bits per heavy atom. The number of nitrogens with zero attached hydrogens (tertiary/aromatic N) is 1. The number of fused-ring (bicyclic) bond motifs is 1. The van der Waals surface area contributed by atoms with Crippen molar-refractivity contribution in [3.63, 3.8) is 0 Å². The van der Waals surface area contributed by atoms with Crippen LogP contribution in [-0.4, -0.2) is 53.3 Å². The third-order valence-electron chi connectivity index (χ3n) is 5.57. The van der Waals surface area contributed by atoms with Gasteiger partial charge in [-0.2, -0.15) is 0 Å². The van der Waals surface area contributed by atoms with E-state index < -0.39 is 11.7 Å². The SMILES string of the molecule is CC(=O)Nc1cccc(C2=C3C=CC=CN3C(C(=O)NC3(CO)CCOCC3)N2)c1. The van der Waals surface area contributed by atoms with Crippen LogP contribution >= 0.6 is 0 Å². The van der Waals surface area contributed by atoms with Gasteiger partial charge in [-0.1, -0.05) is 18.2 Å². The van der Waals surface area contributed by atoms with E-state index in [1.54, 1.807) is 0 Å². The summed E-state index contributed by atoms with van der Waals surface area (Å²) in [6.45, 7) is 2.36. The lowest BCUT2D eigenvalue weighted by molar-refractivity contribution is -0.129. The van der Waals surface area contributed by atoms with Crippen LogP contribution in [0.1, 0.15) is 25.3 Å². The molecule has 3 heterocycles. The maximum Gasteiger partial charge on any atom is 0.264 e. The number of hydrogen-bond acceptors (Lipinski definition) is 6. The van der Waals surface area contributed by atoms with Crippen LogP contribution in [-0.2, 0) is 14.3 Å². The number of carbonyl (C=O) groups excluding carboxylic acids is 2. The quantitative estimate of drug-likeness (QED) is 0.583. The Balaban J connectivity index is 1.59. The van der Waals surface area contributed by atoms with Crippen molar-refractivity contribution >= 4 is 23.2 Å². The molecule has 158 valence electrons. The first-order valence-electron chi connectivity index (χ1n) is 10.0. The molecule has 2 amide bonds. The van der Waals surface area contributed by atoms with Crippen LogP contribution in [0.5, 0.6) is 0 Å². The second kappa shape index (κ2) is 8.33. The van der Waals surface area contributed by atoms with Crippen molar-refractivity contribution in [1.82, 2.24) is 15.5 Å². The van der Waals surface area contributed by atoms with Gasteiger partial charge in [0.2, 0.25) is 5.91 Å². The van der Waals surface area contributed by atoms with Gasteiger partial charge in [-0.3, -0.25) is 9.59 Å². The van der Waals surface area contributed by atoms with Crippen molar-refractivity contribution in [1.29, 1.82) is 0 Å². The lowest BCUT2D eigenvalue weighted by Crippen LogP contribution is -2.60. The molecular formula is C22H26N4O4. The second-order valence-corrected chi connectivity index (χ2v) is 7.72. The Morgan fingerprint density at radius 2 is 2.10 bits per heavy atom. The molecule has 8 heteroatoms. The van der Waals surface area contributed by atoms with Crippen LogP contribution in [0.25, 0.3) is 5.70 Å². The summed E-state index contributed by atoms with van der Waals surface area (Å²) in [4.78, 5) is 26.5. The first kappa shape index (κ1) is 20.2. The number of allylic oxidation sites excluding steroid dienone is 3. The molecule has 4 N–H and O–H groups in total. The summed E-state index contributed by atoms with van der Waals surface area (Å²) in [5, 5.41) is 19.1. The number of benzene rings is 1. The van der Waals surface area contributed by atoms with Crippen molar-refractivity contribution in [2.24, 2.45) is 0 Å². The maximum atomic E-state index is 13.2. The van der Waals surface area contributed by atoms with Gasteiger partial charge >= 0.3 is 0 Å². The molecule has 1 aromatic carbocycles. The van der Waals surface area contributed by atoms with Gasteiger partial charge in [0, 0.05) is 37.6 Å². The lowest BCUT2D eigenvalue weighted by Gasteiger charge is -2.38. The fourth-order valence-electron chi connectivity index (χ4n) is 3.97. The molecule has 1 unspecified atom stereocenters. The second-order valence-electron chi connectivity index (χ2n) is 7.72. The number of hydrogen-bond donors (Lipinski definition) is 4. The molecular weight excluding hydrogens is 384 g/mol. The molecule has 3 aliphatic rings. The van der Waals surface area contributed by atoms with Crippen LogP contribution < -0.4 is 16.0 Å². The first-order valence-corrected chi connectivity index (χ1v) is 10.0. The maximum absolute atomic E-state index is 13.2. The average Bonchev–Trinajstić information content (AvgIpc) is 3.14. The molecule has 3 aliphatic heterocycles. The molecule has 0 bridgehead atoms. The van der Waals surface area contributed by atoms with Crippen LogP contribution in [0.4, 0.5) is 5.69 Å². The number of aliphatic hydroxyl groups excluding tert-OH is 1. The summed E-state index contributed by atoms with van der Waals surface area (Å²) < 4.78 is 5.39. The molecule has 4 rings (SSSR count). The summed E-state index contributed by atoms with van der Waals surface area (Å²) in [6, 6.07) is 7.48. The zero-order valence-electron chi connectivity index (χ0n) is 16.9. The fraction of sp³-hybridized carbons (Fsp3) is 0.364. The third-order valence-corrected chi connectivity index (χ3v) is 5.57. The largest absolute Gasteiger partial charge is 0.394 e. The predicted molar refractivity (Wildman–Crippen MR) is 113 cm³/mol. The Kier molecular flexibility index (Phi) is 5.61. The topological polar surface area (TPSA) is 103 Å². The van der Waals surface area contributed by atoms with Crippen LogP contribution in [0.2, 0.25) is 0 Å². The van der Waals surface area contributed by atoms with Gasteiger partial charge < -0.3 is 30.7 Å². The van der Waals surface area contributed by atoms with Crippen LogP contribution in [0.3, 0.4) is 0 Å². The molecule has 0 spiro atoms.